The molecule has 25 heavy (non-hydrogen) atoms. The van der Waals surface area contributed by atoms with E-state index >= 15 is 0 Å². The third-order valence-electron chi connectivity index (χ3n) is 5.31. The van der Waals surface area contributed by atoms with Gasteiger partial charge in [-0.3, -0.25) is 9.69 Å². The van der Waals surface area contributed by atoms with Crippen molar-refractivity contribution in [1.82, 2.24) is 15.4 Å². The Labute approximate surface area is 148 Å². The average molecular weight is 339 g/mol. The lowest BCUT2D eigenvalue weighted by atomic mass is 10.1. The zero-order valence-corrected chi connectivity index (χ0v) is 14.6. The van der Waals surface area contributed by atoms with Crippen LogP contribution in [0.15, 0.2) is 40.9 Å². The Bertz CT molecular complexity index is 724. The van der Waals surface area contributed by atoms with Crippen LogP contribution in [0.2, 0.25) is 0 Å². The Morgan fingerprint density at radius 2 is 2.12 bits per heavy atom. The van der Waals surface area contributed by atoms with Crippen molar-refractivity contribution in [2.75, 3.05) is 13.1 Å². The lowest BCUT2D eigenvalue weighted by molar-refractivity contribution is 0.0938. The lowest BCUT2D eigenvalue weighted by Crippen LogP contribution is -2.31. The van der Waals surface area contributed by atoms with Gasteiger partial charge in [-0.05, 0) is 37.7 Å². The zero-order chi connectivity index (χ0) is 17.2. The summed E-state index contributed by atoms with van der Waals surface area (Å²) in [7, 11) is 0. The van der Waals surface area contributed by atoms with E-state index in [-0.39, 0.29) is 5.91 Å². The molecule has 1 N–H and O–H groups in total. The highest BCUT2D eigenvalue weighted by Crippen LogP contribution is 2.40. The molecule has 1 aromatic carbocycles. The first-order valence-electron chi connectivity index (χ1n) is 9.22. The van der Waals surface area contributed by atoms with E-state index in [9.17, 15) is 4.79 Å². The van der Waals surface area contributed by atoms with E-state index in [0.717, 1.165) is 38.1 Å². The summed E-state index contributed by atoms with van der Waals surface area (Å²) in [6.45, 7) is 4.95. The number of carbonyl (C=O) groups is 1. The maximum Gasteiger partial charge on any atom is 0.273 e. The number of amides is 1. The van der Waals surface area contributed by atoms with Crippen LogP contribution in [0, 0.1) is 5.92 Å². The minimum atomic E-state index is -0.121. The Balaban J connectivity index is 1.27. The number of nitrogens with zero attached hydrogens (tertiary/aromatic N) is 2. The number of carbonyl (C=O) groups excluding carboxylic acids is 1. The minimum absolute atomic E-state index is 0.121. The van der Waals surface area contributed by atoms with Gasteiger partial charge in [-0.25, -0.2) is 0 Å². The van der Waals surface area contributed by atoms with Crippen LogP contribution in [0.3, 0.4) is 0 Å². The zero-order valence-electron chi connectivity index (χ0n) is 14.6. The minimum Gasteiger partial charge on any atom is -0.360 e. The maximum absolute atomic E-state index is 12.3. The number of likely N-dealkylation sites (tertiary alicyclic amines) is 1. The molecule has 4 rings (SSSR count). The number of hydrogen-bond acceptors (Lipinski definition) is 4. The van der Waals surface area contributed by atoms with Crippen LogP contribution >= 0.6 is 0 Å². The third-order valence-corrected chi connectivity index (χ3v) is 5.31. The molecule has 0 bridgehead atoms. The standard InChI is InChI=1S/C20H25N3O2/c1-14-9-16(13-23(14)12-15-5-3-2-4-6-15)11-21-20(24)18-10-19(25-22-18)17-7-8-17/h2-6,10,14,16-17H,7-9,11-13H2,1H3,(H,21,24)/t14-,16+/m1/s1. The molecule has 1 aromatic heterocycles. The molecule has 1 saturated carbocycles. The van der Waals surface area contributed by atoms with Gasteiger partial charge in [0.1, 0.15) is 5.76 Å². The summed E-state index contributed by atoms with van der Waals surface area (Å²) >= 11 is 0. The van der Waals surface area contributed by atoms with E-state index in [1.807, 2.05) is 6.07 Å². The molecule has 5 nitrogen and oxygen atoms in total. The largest absolute Gasteiger partial charge is 0.360 e. The van der Waals surface area contributed by atoms with Crippen LogP contribution in [-0.4, -0.2) is 35.1 Å². The molecule has 1 saturated heterocycles. The average Bonchev–Trinajstić information content (AvgIpc) is 3.25. The van der Waals surface area contributed by atoms with Gasteiger partial charge in [0.25, 0.3) is 5.91 Å². The van der Waals surface area contributed by atoms with Crippen LogP contribution in [0.4, 0.5) is 0 Å². The quantitative estimate of drug-likeness (QED) is 0.878. The van der Waals surface area contributed by atoms with Gasteiger partial charge in [-0.1, -0.05) is 35.5 Å². The number of hydrogen-bond donors (Lipinski definition) is 1. The summed E-state index contributed by atoms with van der Waals surface area (Å²) in [4.78, 5) is 14.8. The summed E-state index contributed by atoms with van der Waals surface area (Å²) in [5, 5.41) is 6.94. The van der Waals surface area contributed by atoms with Gasteiger partial charge < -0.3 is 9.84 Å². The van der Waals surface area contributed by atoms with E-state index in [1.54, 1.807) is 6.07 Å². The molecule has 2 aromatic rings. The van der Waals surface area contributed by atoms with Crippen LogP contribution < -0.4 is 5.32 Å². The summed E-state index contributed by atoms with van der Waals surface area (Å²) in [6.07, 6.45) is 3.40. The molecule has 2 atom stereocenters. The first-order chi connectivity index (χ1) is 12.2. The number of benzene rings is 1. The van der Waals surface area contributed by atoms with Crippen LogP contribution in [0.5, 0.6) is 0 Å². The van der Waals surface area contributed by atoms with E-state index in [4.69, 9.17) is 4.52 Å². The van der Waals surface area contributed by atoms with Crippen molar-refractivity contribution in [1.29, 1.82) is 0 Å². The third kappa shape index (κ3) is 3.93. The van der Waals surface area contributed by atoms with Crippen molar-refractivity contribution < 1.29 is 9.32 Å². The molecular weight excluding hydrogens is 314 g/mol. The normalized spacial score (nSPS) is 23.7. The highest BCUT2D eigenvalue weighted by Gasteiger charge is 2.31. The van der Waals surface area contributed by atoms with Crippen LogP contribution in [0.25, 0.3) is 0 Å². The SMILES string of the molecule is C[C@@H]1C[C@@H](CNC(=O)c2cc(C3CC3)on2)CN1Cc1ccccc1. The van der Waals surface area contributed by atoms with Gasteiger partial charge in [-0.2, -0.15) is 0 Å². The van der Waals surface area contributed by atoms with Crippen molar-refractivity contribution in [3.63, 3.8) is 0 Å². The van der Waals surface area contributed by atoms with Gasteiger partial charge in [0.2, 0.25) is 0 Å². The fourth-order valence-electron chi connectivity index (χ4n) is 3.69. The molecule has 1 aliphatic heterocycles. The molecule has 0 unspecified atom stereocenters. The Kier molecular flexibility index (Phi) is 4.57. The molecule has 1 amide bonds. The van der Waals surface area contributed by atoms with Gasteiger partial charge in [0.15, 0.2) is 5.69 Å². The second-order valence-electron chi connectivity index (χ2n) is 7.46. The Hall–Kier alpha value is -2.14. The topological polar surface area (TPSA) is 58.4 Å². The first-order valence-corrected chi connectivity index (χ1v) is 9.22. The fourth-order valence-corrected chi connectivity index (χ4v) is 3.69. The van der Waals surface area contributed by atoms with Crippen molar-refractivity contribution in [3.05, 3.63) is 53.4 Å². The molecule has 5 heteroatoms. The van der Waals surface area contributed by atoms with Gasteiger partial charge in [0, 0.05) is 37.7 Å². The maximum atomic E-state index is 12.3. The fraction of sp³-hybridized carbons (Fsp3) is 0.500. The highest BCUT2D eigenvalue weighted by atomic mass is 16.5. The second kappa shape index (κ2) is 7.00. The van der Waals surface area contributed by atoms with Gasteiger partial charge in [-0.15, -0.1) is 0 Å². The predicted octanol–water partition coefficient (Wildman–Crippen LogP) is 3.19. The summed E-state index contributed by atoms with van der Waals surface area (Å²) < 4.78 is 5.26. The first kappa shape index (κ1) is 16.3. The number of rotatable bonds is 6. The molecule has 132 valence electrons. The van der Waals surface area contributed by atoms with E-state index < -0.39 is 0 Å². The Morgan fingerprint density at radius 3 is 2.88 bits per heavy atom. The lowest BCUT2D eigenvalue weighted by Gasteiger charge is -2.21. The second-order valence-corrected chi connectivity index (χ2v) is 7.46. The summed E-state index contributed by atoms with van der Waals surface area (Å²) in [6, 6.07) is 12.9. The molecule has 2 aliphatic rings. The van der Waals surface area contributed by atoms with E-state index in [1.165, 1.54) is 5.56 Å². The molecule has 0 spiro atoms. The molecule has 1 aliphatic carbocycles. The van der Waals surface area contributed by atoms with E-state index in [2.05, 4.69) is 46.6 Å². The van der Waals surface area contributed by atoms with Gasteiger partial charge in [0.05, 0.1) is 0 Å². The molecule has 0 radical (unpaired) electrons. The van der Waals surface area contributed by atoms with Crippen LogP contribution in [0.1, 0.15) is 53.9 Å². The summed E-state index contributed by atoms with van der Waals surface area (Å²) in [5.41, 5.74) is 1.75. The molecule has 2 fully saturated rings. The van der Waals surface area contributed by atoms with Gasteiger partial charge >= 0.3 is 0 Å². The van der Waals surface area contributed by atoms with Crippen molar-refractivity contribution >= 4 is 5.91 Å². The van der Waals surface area contributed by atoms with Crippen molar-refractivity contribution in [2.45, 2.75) is 44.7 Å². The summed E-state index contributed by atoms with van der Waals surface area (Å²) in [5.74, 6) is 1.70. The highest BCUT2D eigenvalue weighted by molar-refractivity contribution is 5.92. The monoisotopic (exact) mass is 339 g/mol. The van der Waals surface area contributed by atoms with E-state index in [0.29, 0.717) is 30.1 Å². The molecule has 2 heterocycles. The molecular formula is C20H25N3O2. The van der Waals surface area contributed by atoms with Crippen molar-refractivity contribution in [2.24, 2.45) is 5.92 Å². The van der Waals surface area contributed by atoms with Crippen LogP contribution in [-0.2, 0) is 6.54 Å². The smallest absolute Gasteiger partial charge is 0.273 e. The number of aromatic nitrogens is 1. The van der Waals surface area contributed by atoms with Crippen molar-refractivity contribution in [3.8, 4) is 0 Å². The Morgan fingerprint density at radius 1 is 1.32 bits per heavy atom. The predicted molar refractivity (Wildman–Crippen MR) is 95.2 cm³/mol. The number of nitrogens with one attached hydrogen (secondary N) is 1.